The lowest BCUT2D eigenvalue weighted by Gasteiger charge is -2.20. The number of rotatable bonds is 70. The molecular weight excluding hydrogens is 1020 g/mol. The molecule has 1 amide bonds. The number of carbonyl (C=O) groups excluding carboxylic acids is 2. The lowest BCUT2D eigenvalue weighted by Crippen LogP contribution is -2.45. The first kappa shape index (κ1) is 80.8. The number of hydrogen-bond donors (Lipinski definition) is 3. The predicted octanol–water partition coefficient (Wildman–Crippen LogP) is 24.4. The highest BCUT2D eigenvalue weighted by atomic mass is 16.5. The molecular formula is C77H145NO5. The lowest BCUT2D eigenvalue weighted by molar-refractivity contribution is -0.143. The first-order valence-electron chi connectivity index (χ1n) is 37.4. The summed E-state index contributed by atoms with van der Waals surface area (Å²) in [5.41, 5.74) is 0. The van der Waals surface area contributed by atoms with Gasteiger partial charge in [0.25, 0.3) is 0 Å². The maximum atomic E-state index is 12.4. The number of nitrogens with one attached hydrogen (secondary N) is 1. The van der Waals surface area contributed by atoms with Crippen molar-refractivity contribution in [2.24, 2.45) is 0 Å². The maximum Gasteiger partial charge on any atom is 0.305 e. The van der Waals surface area contributed by atoms with E-state index in [4.69, 9.17) is 4.74 Å². The predicted molar refractivity (Wildman–Crippen MR) is 366 cm³/mol. The number of carbonyl (C=O) groups is 2. The zero-order valence-corrected chi connectivity index (χ0v) is 55.9. The molecule has 0 aromatic rings. The average molecular weight is 1170 g/mol. The fourth-order valence-electron chi connectivity index (χ4n) is 11.6. The molecule has 0 bridgehead atoms. The van der Waals surface area contributed by atoms with Crippen molar-refractivity contribution in [2.45, 2.75) is 418 Å². The van der Waals surface area contributed by atoms with Crippen LogP contribution in [0.4, 0.5) is 0 Å². The summed E-state index contributed by atoms with van der Waals surface area (Å²) in [6.07, 6.45) is 95.1. The van der Waals surface area contributed by atoms with E-state index in [1.807, 2.05) is 6.08 Å². The fraction of sp³-hybridized carbons (Fsp3) is 0.870. The minimum atomic E-state index is -0.840. The van der Waals surface area contributed by atoms with Gasteiger partial charge in [-0.15, -0.1) is 0 Å². The van der Waals surface area contributed by atoms with Gasteiger partial charge in [0.15, 0.2) is 0 Å². The first-order chi connectivity index (χ1) is 41.0. The second kappa shape index (κ2) is 72.3. The minimum absolute atomic E-state index is 0.0141. The number of aliphatic hydroxyl groups excluding tert-OH is 2. The molecule has 0 fully saturated rings. The van der Waals surface area contributed by atoms with E-state index in [-0.39, 0.29) is 18.5 Å². The van der Waals surface area contributed by atoms with Crippen LogP contribution in [0.2, 0.25) is 0 Å². The van der Waals surface area contributed by atoms with E-state index >= 15 is 0 Å². The SMILES string of the molecule is CCCCCC/C=C\C/C=C\CCCCCCCCCC(=O)OCCCCCCCCCCCCCCCCCC/C=C\CCCCCCCCCCCCCCCCCCCC(=O)NC(CO)C(O)/C=C/CCCCCCCCCCC. The average Bonchev–Trinajstić information content (AvgIpc) is 3.49. The molecule has 0 saturated carbocycles. The van der Waals surface area contributed by atoms with Gasteiger partial charge in [0.05, 0.1) is 25.4 Å². The minimum Gasteiger partial charge on any atom is -0.466 e. The smallest absolute Gasteiger partial charge is 0.305 e. The highest BCUT2D eigenvalue weighted by molar-refractivity contribution is 5.76. The molecule has 0 aromatic carbocycles. The molecule has 0 radical (unpaired) electrons. The number of amides is 1. The molecule has 0 spiro atoms. The van der Waals surface area contributed by atoms with Crippen molar-refractivity contribution >= 4 is 11.9 Å². The Kier molecular flexibility index (Phi) is 70.4. The molecule has 0 aliphatic carbocycles. The van der Waals surface area contributed by atoms with E-state index in [2.05, 4.69) is 55.6 Å². The summed E-state index contributed by atoms with van der Waals surface area (Å²) in [5.74, 6) is -0.0499. The van der Waals surface area contributed by atoms with E-state index in [0.29, 0.717) is 19.4 Å². The van der Waals surface area contributed by atoms with Crippen LogP contribution in [0.5, 0.6) is 0 Å². The zero-order chi connectivity index (χ0) is 59.9. The van der Waals surface area contributed by atoms with Crippen LogP contribution in [0.15, 0.2) is 48.6 Å². The van der Waals surface area contributed by atoms with Gasteiger partial charge in [-0.1, -0.05) is 351 Å². The normalized spacial score (nSPS) is 12.8. The second-order valence-electron chi connectivity index (χ2n) is 25.6. The van der Waals surface area contributed by atoms with Crippen molar-refractivity contribution in [3.8, 4) is 0 Å². The molecule has 2 atom stereocenters. The number of allylic oxidation sites excluding steroid dienone is 7. The molecule has 0 aliphatic heterocycles. The summed E-state index contributed by atoms with van der Waals surface area (Å²) in [4.78, 5) is 24.6. The van der Waals surface area contributed by atoms with Gasteiger partial charge in [-0.25, -0.2) is 0 Å². The van der Waals surface area contributed by atoms with Crippen molar-refractivity contribution in [3.63, 3.8) is 0 Å². The quantitative estimate of drug-likeness (QED) is 0.0320. The van der Waals surface area contributed by atoms with Crippen LogP contribution in [-0.4, -0.2) is 47.4 Å². The van der Waals surface area contributed by atoms with E-state index in [0.717, 1.165) is 51.4 Å². The Morgan fingerprint density at radius 2 is 0.602 bits per heavy atom. The van der Waals surface area contributed by atoms with E-state index in [1.165, 1.54) is 327 Å². The summed E-state index contributed by atoms with van der Waals surface area (Å²) >= 11 is 0. The Morgan fingerprint density at radius 1 is 0.337 bits per heavy atom. The van der Waals surface area contributed by atoms with Gasteiger partial charge in [0.2, 0.25) is 5.91 Å². The Balaban J connectivity index is 3.32. The summed E-state index contributed by atoms with van der Waals surface area (Å²) in [6.45, 7) is 4.90. The number of aliphatic hydroxyl groups is 2. The topological polar surface area (TPSA) is 95.9 Å². The molecule has 3 N–H and O–H groups in total. The molecule has 0 aromatic heterocycles. The lowest BCUT2D eigenvalue weighted by atomic mass is 10.0. The van der Waals surface area contributed by atoms with Crippen molar-refractivity contribution < 1.29 is 24.5 Å². The largest absolute Gasteiger partial charge is 0.466 e. The molecule has 0 rings (SSSR count). The molecule has 2 unspecified atom stereocenters. The van der Waals surface area contributed by atoms with Gasteiger partial charge in [0, 0.05) is 12.8 Å². The molecule has 0 aliphatic rings. The van der Waals surface area contributed by atoms with Crippen LogP contribution in [0, 0.1) is 0 Å². The maximum absolute atomic E-state index is 12.4. The Morgan fingerprint density at radius 3 is 0.940 bits per heavy atom. The number of ether oxygens (including phenoxy) is 1. The third-order valence-electron chi connectivity index (χ3n) is 17.3. The summed E-state index contributed by atoms with van der Waals surface area (Å²) < 4.78 is 5.51. The number of hydrogen-bond acceptors (Lipinski definition) is 5. The second-order valence-corrected chi connectivity index (χ2v) is 25.6. The first-order valence-corrected chi connectivity index (χ1v) is 37.4. The standard InChI is InChI=1S/C77H145NO5/c1-3-5-7-9-11-13-15-16-17-18-41-44-47-51-55-59-63-67-71-77(82)83-72-68-64-60-56-52-48-45-42-39-37-35-33-31-29-27-25-23-21-19-20-22-24-26-28-30-32-34-36-38-40-43-46-50-54-58-62-66-70-76(81)78-74(73-79)75(80)69-65-61-57-53-49-14-12-10-8-6-4-2/h13,15,17-19,21,65,69,74-75,79-80H,3-12,14,16,20,22-64,66-68,70-73H2,1-2H3,(H,78,81)/b15-13-,18-17-,21-19-,69-65+. The molecule has 0 saturated heterocycles. The molecule has 83 heavy (non-hydrogen) atoms. The summed E-state index contributed by atoms with van der Waals surface area (Å²) in [5, 5.41) is 23.1. The monoisotopic (exact) mass is 1160 g/mol. The van der Waals surface area contributed by atoms with E-state index in [1.54, 1.807) is 6.08 Å². The van der Waals surface area contributed by atoms with Crippen LogP contribution in [0.1, 0.15) is 406 Å². The third kappa shape index (κ3) is 68.8. The fourth-order valence-corrected chi connectivity index (χ4v) is 11.6. The van der Waals surface area contributed by atoms with Gasteiger partial charge < -0.3 is 20.3 Å². The third-order valence-corrected chi connectivity index (χ3v) is 17.3. The van der Waals surface area contributed by atoms with Gasteiger partial charge in [-0.05, 0) is 89.9 Å². The Bertz CT molecular complexity index is 1390. The highest BCUT2D eigenvalue weighted by Crippen LogP contribution is 2.19. The number of unbranched alkanes of at least 4 members (excludes halogenated alkanes) is 53. The van der Waals surface area contributed by atoms with E-state index < -0.39 is 12.1 Å². The van der Waals surface area contributed by atoms with Crippen molar-refractivity contribution in [1.82, 2.24) is 5.32 Å². The molecule has 488 valence electrons. The van der Waals surface area contributed by atoms with Crippen LogP contribution in [-0.2, 0) is 14.3 Å². The zero-order valence-electron chi connectivity index (χ0n) is 55.9. The van der Waals surface area contributed by atoms with Crippen LogP contribution in [0.25, 0.3) is 0 Å². The molecule has 0 heterocycles. The molecule has 6 heteroatoms. The highest BCUT2D eigenvalue weighted by Gasteiger charge is 2.18. The summed E-state index contributed by atoms with van der Waals surface area (Å²) in [6, 6.07) is -0.624. The van der Waals surface area contributed by atoms with Gasteiger partial charge in [0.1, 0.15) is 0 Å². The summed E-state index contributed by atoms with van der Waals surface area (Å²) in [7, 11) is 0. The Labute approximate surface area is 518 Å². The number of esters is 1. The molecule has 6 nitrogen and oxygen atoms in total. The van der Waals surface area contributed by atoms with Crippen LogP contribution < -0.4 is 5.32 Å². The van der Waals surface area contributed by atoms with Gasteiger partial charge >= 0.3 is 5.97 Å². The van der Waals surface area contributed by atoms with Gasteiger partial charge in [-0.2, -0.15) is 0 Å². The van der Waals surface area contributed by atoms with Gasteiger partial charge in [-0.3, -0.25) is 9.59 Å². The van der Waals surface area contributed by atoms with Crippen molar-refractivity contribution in [1.29, 1.82) is 0 Å². The van der Waals surface area contributed by atoms with Crippen LogP contribution in [0.3, 0.4) is 0 Å². The van der Waals surface area contributed by atoms with E-state index in [9.17, 15) is 19.8 Å². The van der Waals surface area contributed by atoms with Crippen molar-refractivity contribution in [3.05, 3.63) is 48.6 Å². The Hall–Kier alpha value is -2.18. The van der Waals surface area contributed by atoms with Crippen LogP contribution >= 0.6 is 0 Å². The van der Waals surface area contributed by atoms with Crippen molar-refractivity contribution in [2.75, 3.05) is 13.2 Å².